The van der Waals surface area contributed by atoms with Crippen LogP contribution < -0.4 is 10.2 Å². The molecule has 1 aromatic rings. The number of hydrogen-bond acceptors (Lipinski definition) is 2. The highest BCUT2D eigenvalue weighted by molar-refractivity contribution is 6.01. The maximum absolute atomic E-state index is 12.4. The number of benzene rings is 1. The zero-order valence-electron chi connectivity index (χ0n) is 12.5. The summed E-state index contributed by atoms with van der Waals surface area (Å²) in [6.45, 7) is 4.05. The topological polar surface area (TPSA) is 69.6 Å². The van der Waals surface area contributed by atoms with Crippen molar-refractivity contribution in [2.45, 2.75) is 51.6 Å². The number of nitrogens with one attached hydrogen (secondary N) is 1. The predicted octanol–water partition coefficient (Wildman–Crippen LogP) is 2.79. The lowest BCUT2D eigenvalue weighted by atomic mass is 10.1. The van der Waals surface area contributed by atoms with Crippen molar-refractivity contribution in [3.05, 3.63) is 29.8 Å². The van der Waals surface area contributed by atoms with E-state index in [1.54, 1.807) is 6.07 Å². The zero-order chi connectivity index (χ0) is 15.4. The second-order valence-corrected chi connectivity index (χ2v) is 5.55. The molecule has 21 heavy (non-hydrogen) atoms. The van der Waals surface area contributed by atoms with E-state index < -0.39 is 12.0 Å². The van der Waals surface area contributed by atoms with Gasteiger partial charge in [-0.1, -0.05) is 38.0 Å². The summed E-state index contributed by atoms with van der Waals surface area (Å²) in [5.74, 6) is -0.970. The van der Waals surface area contributed by atoms with E-state index in [-0.39, 0.29) is 12.1 Å². The molecule has 1 heterocycles. The van der Waals surface area contributed by atoms with Gasteiger partial charge in [-0.15, -0.1) is 0 Å². The summed E-state index contributed by atoms with van der Waals surface area (Å²) in [6, 6.07) is 6.26. The van der Waals surface area contributed by atoms with Gasteiger partial charge in [-0.2, -0.15) is 0 Å². The fraction of sp³-hybridized carbons (Fsp3) is 0.500. The molecule has 0 aromatic heterocycles. The molecule has 2 amide bonds. The van der Waals surface area contributed by atoms with Gasteiger partial charge in [0.2, 0.25) is 0 Å². The van der Waals surface area contributed by atoms with Crippen molar-refractivity contribution in [3.63, 3.8) is 0 Å². The van der Waals surface area contributed by atoms with Crippen molar-refractivity contribution in [1.29, 1.82) is 0 Å². The molecule has 1 unspecified atom stereocenters. The number of anilines is 1. The van der Waals surface area contributed by atoms with Gasteiger partial charge in [-0.05, 0) is 25.0 Å². The van der Waals surface area contributed by atoms with Crippen LogP contribution in [0.1, 0.15) is 38.7 Å². The average Bonchev–Trinajstić information content (AvgIpc) is 2.84. The quantitative estimate of drug-likeness (QED) is 0.876. The maximum Gasteiger partial charge on any atom is 0.327 e. The molecule has 0 spiro atoms. The Balaban J connectivity index is 2.15. The number of carboxylic acids is 1. The van der Waals surface area contributed by atoms with Crippen LogP contribution in [0.4, 0.5) is 10.5 Å². The van der Waals surface area contributed by atoms with Crippen molar-refractivity contribution in [3.8, 4) is 0 Å². The van der Waals surface area contributed by atoms with Crippen LogP contribution in [-0.4, -0.2) is 29.2 Å². The Hall–Kier alpha value is -2.04. The van der Waals surface area contributed by atoms with E-state index in [1.807, 2.05) is 25.1 Å². The van der Waals surface area contributed by atoms with Gasteiger partial charge in [-0.25, -0.2) is 9.59 Å². The molecule has 1 aliphatic rings. The second kappa shape index (κ2) is 6.61. The molecular formula is C16H22N2O3. The van der Waals surface area contributed by atoms with E-state index in [0.717, 1.165) is 24.8 Å². The van der Waals surface area contributed by atoms with E-state index >= 15 is 0 Å². The Morgan fingerprint density at radius 2 is 2.14 bits per heavy atom. The molecule has 2 atom stereocenters. The number of aliphatic carboxylic acids is 1. The third-order valence-corrected chi connectivity index (χ3v) is 3.84. The largest absolute Gasteiger partial charge is 0.480 e. The van der Waals surface area contributed by atoms with Crippen LogP contribution in [-0.2, 0) is 11.2 Å². The van der Waals surface area contributed by atoms with Gasteiger partial charge in [0, 0.05) is 18.2 Å². The first-order valence-corrected chi connectivity index (χ1v) is 7.45. The Morgan fingerprint density at radius 3 is 2.81 bits per heavy atom. The molecule has 0 saturated heterocycles. The number of carbonyl (C=O) groups excluding carboxylic acids is 1. The van der Waals surface area contributed by atoms with Crippen molar-refractivity contribution < 1.29 is 14.7 Å². The molecule has 0 bridgehead atoms. The van der Waals surface area contributed by atoms with E-state index in [1.165, 1.54) is 4.90 Å². The van der Waals surface area contributed by atoms with Gasteiger partial charge in [0.15, 0.2) is 0 Å². The number of carboxylic acid groups (broad SMARTS) is 1. The van der Waals surface area contributed by atoms with E-state index in [0.29, 0.717) is 12.1 Å². The molecule has 0 saturated carbocycles. The number of amides is 2. The van der Waals surface area contributed by atoms with E-state index in [2.05, 4.69) is 12.2 Å². The molecule has 5 nitrogen and oxygen atoms in total. The van der Waals surface area contributed by atoms with Gasteiger partial charge in [0.05, 0.1) is 0 Å². The number of unbranched alkanes of at least 4 members (excludes halogenated alkanes) is 1. The fourth-order valence-corrected chi connectivity index (χ4v) is 2.70. The van der Waals surface area contributed by atoms with E-state index in [9.17, 15) is 14.7 Å². The molecule has 1 aliphatic heterocycles. The van der Waals surface area contributed by atoms with Crippen LogP contribution in [0.15, 0.2) is 24.3 Å². The number of urea groups is 1. The average molecular weight is 290 g/mol. The third kappa shape index (κ3) is 3.35. The number of fused-ring (bicyclic) bond motifs is 1. The highest BCUT2D eigenvalue weighted by Gasteiger charge is 2.38. The summed E-state index contributed by atoms with van der Waals surface area (Å²) in [4.78, 5) is 25.2. The first-order chi connectivity index (χ1) is 10.0. The maximum atomic E-state index is 12.4. The molecular weight excluding hydrogens is 268 g/mol. The summed E-state index contributed by atoms with van der Waals surface area (Å²) in [7, 11) is 0. The van der Waals surface area contributed by atoms with Crippen molar-refractivity contribution >= 4 is 17.7 Å². The lowest BCUT2D eigenvalue weighted by molar-refractivity contribution is -0.138. The summed E-state index contributed by atoms with van der Waals surface area (Å²) in [5, 5.41) is 12.3. The summed E-state index contributed by atoms with van der Waals surface area (Å²) in [6.07, 6.45) is 3.38. The molecule has 0 fully saturated rings. The molecule has 0 radical (unpaired) electrons. The first kappa shape index (κ1) is 15.4. The zero-order valence-corrected chi connectivity index (χ0v) is 12.5. The lowest BCUT2D eigenvalue weighted by Gasteiger charge is -2.25. The molecule has 2 rings (SSSR count). The normalized spacial score (nSPS) is 18.2. The summed E-state index contributed by atoms with van der Waals surface area (Å²) < 4.78 is 0. The second-order valence-electron chi connectivity index (χ2n) is 5.55. The van der Waals surface area contributed by atoms with E-state index in [4.69, 9.17) is 0 Å². The Kier molecular flexibility index (Phi) is 4.83. The number of hydrogen-bond donors (Lipinski definition) is 2. The van der Waals surface area contributed by atoms with Crippen molar-refractivity contribution in [1.82, 2.24) is 5.32 Å². The van der Waals surface area contributed by atoms with Crippen LogP contribution >= 0.6 is 0 Å². The van der Waals surface area contributed by atoms with Crippen molar-refractivity contribution in [2.75, 3.05) is 4.90 Å². The molecule has 0 aliphatic carbocycles. The Labute approximate surface area is 125 Å². The highest BCUT2D eigenvalue weighted by atomic mass is 16.4. The highest BCUT2D eigenvalue weighted by Crippen LogP contribution is 2.32. The Morgan fingerprint density at radius 1 is 1.43 bits per heavy atom. The molecule has 114 valence electrons. The van der Waals surface area contributed by atoms with Crippen molar-refractivity contribution in [2.24, 2.45) is 0 Å². The van der Waals surface area contributed by atoms with Gasteiger partial charge in [0.1, 0.15) is 6.04 Å². The minimum atomic E-state index is -0.970. The van der Waals surface area contributed by atoms with Gasteiger partial charge in [-0.3, -0.25) is 4.90 Å². The van der Waals surface area contributed by atoms with Gasteiger partial charge in [0.25, 0.3) is 0 Å². The monoisotopic (exact) mass is 290 g/mol. The van der Waals surface area contributed by atoms with Crippen LogP contribution in [0.25, 0.3) is 0 Å². The van der Waals surface area contributed by atoms with Crippen LogP contribution in [0.5, 0.6) is 0 Å². The standard InChI is InChI=1S/C16H22N2O3/c1-3-4-7-11(2)17-16(21)18-13-9-6-5-8-12(13)10-14(18)15(19)20/h5-6,8-9,11,14H,3-4,7,10H2,1-2H3,(H,17,21)(H,19,20)/t11?,14-/m0/s1. The van der Waals surface area contributed by atoms with Crippen LogP contribution in [0, 0.1) is 0 Å². The smallest absolute Gasteiger partial charge is 0.327 e. The van der Waals surface area contributed by atoms with Crippen LogP contribution in [0.3, 0.4) is 0 Å². The minimum absolute atomic E-state index is 0.0413. The van der Waals surface area contributed by atoms with Crippen LogP contribution in [0.2, 0.25) is 0 Å². The number of nitrogens with zero attached hydrogens (tertiary/aromatic N) is 1. The molecule has 2 N–H and O–H groups in total. The number of carbonyl (C=O) groups is 2. The first-order valence-electron chi connectivity index (χ1n) is 7.45. The fourth-order valence-electron chi connectivity index (χ4n) is 2.70. The SMILES string of the molecule is CCCCC(C)NC(=O)N1c2ccccc2C[C@H]1C(=O)O. The molecule has 5 heteroatoms. The lowest BCUT2D eigenvalue weighted by Crippen LogP contribution is -2.50. The Bertz CT molecular complexity index is 530. The summed E-state index contributed by atoms with van der Waals surface area (Å²) >= 11 is 0. The molecule has 1 aromatic carbocycles. The number of para-hydroxylation sites is 1. The summed E-state index contributed by atoms with van der Waals surface area (Å²) in [5.41, 5.74) is 1.60. The third-order valence-electron chi connectivity index (χ3n) is 3.84. The number of rotatable bonds is 5. The van der Waals surface area contributed by atoms with Gasteiger partial charge >= 0.3 is 12.0 Å². The minimum Gasteiger partial charge on any atom is -0.480 e. The van der Waals surface area contributed by atoms with Gasteiger partial charge < -0.3 is 10.4 Å². The predicted molar refractivity (Wildman–Crippen MR) is 81.6 cm³/mol.